The first-order chi connectivity index (χ1) is 7.49. The highest BCUT2D eigenvalue weighted by Gasteiger charge is 2.20. The van der Waals surface area contributed by atoms with Crippen molar-refractivity contribution in [2.75, 3.05) is 13.1 Å². The number of nitrogens with zero attached hydrogens (tertiary/aromatic N) is 1. The Labute approximate surface area is 97.9 Å². The standard InChI is InChI=1S/C13H22N2O/c1-11(2)8-15-10-13(3,16)7-12-5-4-6-14-9-12/h4-6,9,11,15-16H,7-8,10H2,1-3H3. The summed E-state index contributed by atoms with van der Waals surface area (Å²) in [5, 5.41) is 13.5. The van der Waals surface area contributed by atoms with Crippen LogP contribution in [0.2, 0.25) is 0 Å². The summed E-state index contributed by atoms with van der Waals surface area (Å²) in [5.41, 5.74) is 0.358. The monoisotopic (exact) mass is 222 g/mol. The normalized spacial score (nSPS) is 15.1. The van der Waals surface area contributed by atoms with Crippen molar-refractivity contribution in [1.82, 2.24) is 10.3 Å². The SMILES string of the molecule is CC(C)CNCC(C)(O)Cc1cccnc1. The first-order valence-electron chi connectivity index (χ1n) is 5.81. The molecule has 0 bridgehead atoms. The number of hydrogen-bond acceptors (Lipinski definition) is 3. The van der Waals surface area contributed by atoms with E-state index < -0.39 is 5.60 Å². The van der Waals surface area contributed by atoms with Crippen molar-refractivity contribution in [1.29, 1.82) is 0 Å². The molecule has 0 aliphatic rings. The van der Waals surface area contributed by atoms with E-state index in [0.29, 0.717) is 18.9 Å². The van der Waals surface area contributed by atoms with E-state index in [0.717, 1.165) is 12.1 Å². The second-order valence-corrected chi connectivity index (χ2v) is 5.06. The summed E-state index contributed by atoms with van der Waals surface area (Å²) in [6.07, 6.45) is 4.18. The molecule has 3 heteroatoms. The lowest BCUT2D eigenvalue weighted by Gasteiger charge is -2.24. The van der Waals surface area contributed by atoms with Crippen LogP contribution in [0.5, 0.6) is 0 Å². The number of hydrogen-bond donors (Lipinski definition) is 2. The minimum absolute atomic E-state index is 0.606. The Morgan fingerprint density at radius 1 is 1.50 bits per heavy atom. The third-order valence-electron chi connectivity index (χ3n) is 2.37. The van der Waals surface area contributed by atoms with Crippen LogP contribution in [-0.2, 0) is 6.42 Å². The van der Waals surface area contributed by atoms with Crippen LogP contribution in [0.3, 0.4) is 0 Å². The fraction of sp³-hybridized carbons (Fsp3) is 0.615. The Morgan fingerprint density at radius 3 is 2.81 bits per heavy atom. The maximum absolute atomic E-state index is 10.2. The van der Waals surface area contributed by atoms with E-state index in [9.17, 15) is 5.11 Å². The lowest BCUT2D eigenvalue weighted by atomic mass is 9.97. The van der Waals surface area contributed by atoms with Gasteiger partial charge in [0.05, 0.1) is 5.60 Å². The van der Waals surface area contributed by atoms with Crippen molar-refractivity contribution < 1.29 is 5.11 Å². The summed E-state index contributed by atoms with van der Waals surface area (Å²) in [4.78, 5) is 4.05. The molecule has 3 nitrogen and oxygen atoms in total. The predicted molar refractivity (Wildman–Crippen MR) is 66.3 cm³/mol. The fourth-order valence-corrected chi connectivity index (χ4v) is 1.64. The molecule has 1 aromatic heterocycles. The average Bonchev–Trinajstić information content (AvgIpc) is 2.17. The molecular formula is C13H22N2O. The van der Waals surface area contributed by atoms with E-state index >= 15 is 0 Å². The third kappa shape index (κ3) is 5.24. The summed E-state index contributed by atoms with van der Waals surface area (Å²) in [7, 11) is 0. The van der Waals surface area contributed by atoms with Crippen LogP contribution in [0.1, 0.15) is 26.3 Å². The lowest BCUT2D eigenvalue weighted by molar-refractivity contribution is 0.0595. The second kappa shape index (κ2) is 5.97. The summed E-state index contributed by atoms with van der Waals surface area (Å²) in [6.45, 7) is 7.71. The second-order valence-electron chi connectivity index (χ2n) is 5.06. The van der Waals surface area contributed by atoms with Crippen LogP contribution < -0.4 is 5.32 Å². The summed E-state index contributed by atoms with van der Waals surface area (Å²) in [5.74, 6) is 0.606. The van der Waals surface area contributed by atoms with Crippen LogP contribution in [0.25, 0.3) is 0 Å². The first kappa shape index (κ1) is 13.1. The van der Waals surface area contributed by atoms with Crippen LogP contribution >= 0.6 is 0 Å². The number of aliphatic hydroxyl groups is 1. The minimum Gasteiger partial charge on any atom is -0.389 e. The van der Waals surface area contributed by atoms with Gasteiger partial charge in [-0.15, -0.1) is 0 Å². The van der Waals surface area contributed by atoms with Gasteiger partial charge in [0, 0.05) is 25.4 Å². The average molecular weight is 222 g/mol. The molecule has 1 aromatic rings. The Morgan fingerprint density at radius 2 is 2.25 bits per heavy atom. The number of aromatic nitrogens is 1. The van der Waals surface area contributed by atoms with Crippen LogP contribution in [-0.4, -0.2) is 28.8 Å². The zero-order valence-electron chi connectivity index (χ0n) is 10.4. The zero-order chi connectivity index (χ0) is 12.0. The van der Waals surface area contributed by atoms with E-state index in [2.05, 4.69) is 24.1 Å². The highest BCUT2D eigenvalue weighted by molar-refractivity contribution is 5.11. The van der Waals surface area contributed by atoms with Crippen LogP contribution in [0, 0.1) is 5.92 Å². The topological polar surface area (TPSA) is 45.1 Å². The first-order valence-corrected chi connectivity index (χ1v) is 5.81. The molecule has 0 aliphatic carbocycles. The van der Waals surface area contributed by atoms with Crippen LogP contribution in [0.4, 0.5) is 0 Å². The molecule has 0 radical (unpaired) electrons. The Kier molecular flexibility index (Phi) is 4.90. The Hall–Kier alpha value is -0.930. The van der Waals surface area contributed by atoms with Crippen molar-refractivity contribution in [2.24, 2.45) is 5.92 Å². The van der Waals surface area contributed by atoms with Gasteiger partial charge in [-0.1, -0.05) is 19.9 Å². The van der Waals surface area contributed by atoms with E-state index in [1.807, 2.05) is 19.1 Å². The smallest absolute Gasteiger partial charge is 0.0784 e. The van der Waals surface area contributed by atoms with Gasteiger partial charge in [-0.25, -0.2) is 0 Å². The fourth-order valence-electron chi connectivity index (χ4n) is 1.64. The van der Waals surface area contributed by atoms with Gasteiger partial charge in [-0.05, 0) is 31.0 Å². The van der Waals surface area contributed by atoms with Gasteiger partial charge in [-0.3, -0.25) is 4.98 Å². The number of rotatable bonds is 6. The van der Waals surface area contributed by atoms with Crippen molar-refractivity contribution >= 4 is 0 Å². The molecule has 16 heavy (non-hydrogen) atoms. The van der Waals surface area contributed by atoms with Gasteiger partial charge in [0.2, 0.25) is 0 Å². The predicted octanol–water partition coefficient (Wildman–Crippen LogP) is 1.62. The molecule has 0 aliphatic heterocycles. The molecule has 0 fully saturated rings. The molecule has 0 amide bonds. The van der Waals surface area contributed by atoms with Crippen molar-refractivity contribution in [2.45, 2.75) is 32.8 Å². The molecule has 2 N–H and O–H groups in total. The molecule has 1 atom stereocenters. The molecule has 0 saturated carbocycles. The zero-order valence-corrected chi connectivity index (χ0v) is 10.4. The molecule has 0 aromatic carbocycles. The summed E-state index contributed by atoms with van der Waals surface area (Å²) >= 11 is 0. The van der Waals surface area contributed by atoms with E-state index in [1.54, 1.807) is 12.4 Å². The highest BCUT2D eigenvalue weighted by atomic mass is 16.3. The number of nitrogens with one attached hydrogen (secondary N) is 1. The highest BCUT2D eigenvalue weighted by Crippen LogP contribution is 2.11. The van der Waals surface area contributed by atoms with Gasteiger partial charge in [0.15, 0.2) is 0 Å². The molecule has 1 heterocycles. The lowest BCUT2D eigenvalue weighted by Crippen LogP contribution is -2.40. The van der Waals surface area contributed by atoms with E-state index in [4.69, 9.17) is 0 Å². The molecular weight excluding hydrogens is 200 g/mol. The van der Waals surface area contributed by atoms with Gasteiger partial charge >= 0.3 is 0 Å². The van der Waals surface area contributed by atoms with E-state index in [-0.39, 0.29) is 0 Å². The molecule has 0 saturated heterocycles. The summed E-state index contributed by atoms with van der Waals surface area (Å²) in [6, 6.07) is 3.89. The van der Waals surface area contributed by atoms with Gasteiger partial charge in [0.25, 0.3) is 0 Å². The Balaban J connectivity index is 2.39. The molecule has 90 valence electrons. The summed E-state index contributed by atoms with van der Waals surface area (Å²) < 4.78 is 0. The Bertz CT molecular complexity index is 296. The van der Waals surface area contributed by atoms with Crippen molar-refractivity contribution in [3.8, 4) is 0 Å². The van der Waals surface area contributed by atoms with Gasteiger partial charge < -0.3 is 10.4 Å². The van der Waals surface area contributed by atoms with Gasteiger partial charge in [-0.2, -0.15) is 0 Å². The van der Waals surface area contributed by atoms with E-state index in [1.165, 1.54) is 0 Å². The van der Waals surface area contributed by atoms with Crippen molar-refractivity contribution in [3.05, 3.63) is 30.1 Å². The third-order valence-corrected chi connectivity index (χ3v) is 2.37. The quantitative estimate of drug-likeness (QED) is 0.769. The van der Waals surface area contributed by atoms with Crippen molar-refractivity contribution in [3.63, 3.8) is 0 Å². The molecule has 1 unspecified atom stereocenters. The number of pyridine rings is 1. The molecule has 1 rings (SSSR count). The van der Waals surface area contributed by atoms with Gasteiger partial charge in [0.1, 0.15) is 0 Å². The maximum atomic E-state index is 10.2. The largest absolute Gasteiger partial charge is 0.389 e. The minimum atomic E-state index is -0.710. The van der Waals surface area contributed by atoms with Crippen LogP contribution in [0.15, 0.2) is 24.5 Å². The maximum Gasteiger partial charge on any atom is 0.0784 e. The molecule has 0 spiro atoms.